The van der Waals surface area contributed by atoms with Gasteiger partial charge in [-0.05, 0) is 41.5 Å². The standard InChI is InChI=1S/C29H40O2/c1-3-5-7-9-10-12-23-14-16-24(17-15-23)25-18-20-26(21-19-25)28-22-27(29(30)31-28)13-11-8-6-4-2/h14-21,27-28H,3-13,22H2,1-2H3. The highest BCUT2D eigenvalue weighted by Gasteiger charge is 2.34. The summed E-state index contributed by atoms with van der Waals surface area (Å²) in [6.45, 7) is 4.48. The summed E-state index contributed by atoms with van der Waals surface area (Å²) in [6.07, 6.45) is 14.4. The van der Waals surface area contributed by atoms with Crippen molar-refractivity contribution < 1.29 is 9.53 Å². The summed E-state index contributed by atoms with van der Waals surface area (Å²) in [7, 11) is 0. The molecule has 1 aliphatic rings. The van der Waals surface area contributed by atoms with Gasteiger partial charge < -0.3 is 4.74 Å². The molecule has 168 valence electrons. The molecule has 0 amide bonds. The van der Waals surface area contributed by atoms with Gasteiger partial charge >= 0.3 is 5.97 Å². The molecule has 0 bridgehead atoms. The maximum atomic E-state index is 12.2. The Kier molecular flexibility index (Phi) is 9.65. The highest BCUT2D eigenvalue weighted by atomic mass is 16.5. The van der Waals surface area contributed by atoms with Gasteiger partial charge in [-0.25, -0.2) is 0 Å². The maximum Gasteiger partial charge on any atom is 0.309 e. The summed E-state index contributed by atoms with van der Waals surface area (Å²) in [5, 5.41) is 0. The lowest BCUT2D eigenvalue weighted by Crippen LogP contribution is -2.06. The zero-order valence-electron chi connectivity index (χ0n) is 19.6. The van der Waals surface area contributed by atoms with Gasteiger partial charge in [-0.15, -0.1) is 0 Å². The van der Waals surface area contributed by atoms with E-state index in [0.717, 1.165) is 24.8 Å². The first-order chi connectivity index (χ1) is 15.2. The molecule has 1 heterocycles. The molecule has 0 aromatic heterocycles. The molecule has 0 radical (unpaired) electrons. The second-order valence-electron chi connectivity index (χ2n) is 9.19. The number of aryl methyl sites for hydroxylation is 1. The van der Waals surface area contributed by atoms with Gasteiger partial charge in [-0.3, -0.25) is 4.79 Å². The molecular formula is C29H40O2. The highest BCUT2D eigenvalue weighted by molar-refractivity contribution is 5.75. The van der Waals surface area contributed by atoms with Crippen LogP contribution in [0.1, 0.15) is 102 Å². The third kappa shape index (κ3) is 7.23. The van der Waals surface area contributed by atoms with Crippen molar-refractivity contribution >= 4 is 5.97 Å². The van der Waals surface area contributed by atoms with E-state index < -0.39 is 0 Å². The van der Waals surface area contributed by atoms with Gasteiger partial charge in [-0.1, -0.05) is 114 Å². The molecule has 1 fully saturated rings. The van der Waals surface area contributed by atoms with Gasteiger partial charge in [-0.2, -0.15) is 0 Å². The molecule has 1 saturated heterocycles. The van der Waals surface area contributed by atoms with Gasteiger partial charge in [0.2, 0.25) is 0 Å². The third-order valence-corrected chi connectivity index (χ3v) is 6.64. The van der Waals surface area contributed by atoms with E-state index in [1.807, 2.05) is 0 Å². The van der Waals surface area contributed by atoms with Crippen molar-refractivity contribution in [2.24, 2.45) is 5.92 Å². The zero-order chi connectivity index (χ0) is 21.9. The Balaban J connectivity index is 1.50. The highest BCUT2D eigenvalue weighted by Crippen LogP contribution is 2.36. The van der Waals surface area contributed by atoms with Crippen LogP contribution < -0.4 is 0 Å². The second-order valence-corrected chi connectivity index (χ2v) is 9.19. The summed E-state index contributed by atoms with van der Waals surface area (Å²) in [5.74, 6) is 0.0758. The smallest absolute Gasteiger partial charge is 0.309 e. The number of unbranched alkanes of at least 4 members (excludes halogenated alkanes) is 7. The Hall–Kier alpha value is -2.09. The molecule has 3 rings (SSSR count). The average Bonchev–Trinajstić information content (AvgIpc) is 3.17. The Bertz CT molecular complexity index is 775. The molecule has 2 aromatic rings. The lowest BCUT2D eigenvalue weighted by atomic mass is 9.94. The SMILES string of the molecule is CCCCCCCc1ccc(-c2ccc(C3CC(CCCCCC)C(=O)O3)cc2)cc1. The van der Waals surface area contributed by atoms with Crippen LogP contribution >= 0.6 is 0 Å². The van der Waals surface area contributed by atoms with E-state index in [9.17, 15) is 4.79 Å². The summed E-state index contributed by atoms with van der Waals surface area (Å²) in [6, 6.07) is 17.6. The minimum Gasteiger partial charge on any atom is -0.457 e. The number of esters is 1. The Morgan fingerprint density at radius 2 is 1.32 bits per heavy atom. The molecule has 2 unspecified atom stereocenters. The van der Waals surface area contributed by atoms with Gasteiger partial charge in [0.05, 0.1) is 5.92 Å². The Morgan fingerprint density at radius 3 is 1.97 bits per heavy atom. The van der Waals surface area contributed by atoms with Crippen LogP contribution in [0.15, 0.2) is 48.5 Å². The number of hydrogen-bond acceptors (Lipinski definition) is 2. The van der Waals surface area contributed by atoms with E-state index >= 15 is 0 Å². The van der Waals surface area contributed by atoms with E-state index in [1.165, 1.54) is 74.5 Å². The van der Waals surface area contributed by atoms with Crippen LogP contribution in [-0.2, 0) is 16.0 Å². The Morgan fingerprint density at radius 1 is 0.742 bits per heavy atom. The second kappa shape index (κ2) is 12.7. The number of rotatable bonds is 13. The van der Waals surface area contributed by atoms with Crippen LogP contribution in [-0.4, -0.2) is 5.97 Å². The van der Waals surface area contributed by atoms with Crippen molar-refractivity contribution in [2.75, 3.05) is 0 Å². The van der Waals surface area contributed by atoms with Crippen LogP contribution in [0.5, 0.6) is 0 Å². The van der Waals surface area contributed by atoms with E-state index in [0.29, 0.717) is 0 Å². The molecule has 0 aliphatic carbocycles. The van der Waals surface area contributed by atoms with Crippen LogP contribution in [0.25, 0.3) is 11.1 Å². The number of hydrogen-bond donors (Lipinski definition) is 0. The zero-order valence-corrected chi connectivity index (χ0v) is 19.6. The van der Waals surface area contributed by atoms with E-state index in [4.69, 9.17) is 4.74 Å². The topological polar surface area (TPSA) is 26.3 Å². The molecule has 2 heteroatoms. The summed E-state index contributed by atoms with van der Waals surface area (Å²) >= 11 is 0. The fourth-order valence-electron chi connectivity index (χ4n) is 4.58. The lowest BCUT2D eigenvalue weighted by molar-refractivity contribution is -0.144. The predicted octanol–water partition coefficient (Wildman–Crippen LogP) is 8.44. The van der Waals surface area contributed by atoms with Crippen LogP contribution in [0.4, 0.5) is 0 Å². The van der Waals surface area contributed by atoms with Gasteiger partial charge in [0.1, 0.15) is 6.10 Å². The van der Waals surface area contributed by atoms with Crippen molar-refractivity contribution in [1.29, 1.82) is 0 Å². The summed E-state index contributed by atoms with van der Waals surface area (Å²) in [4.78, 5) is 12.2. The van der Waals surface area contributed by atoms with Crippen LogP contribution in [0.2, 0.25) is 0 Å². The van der Waals surface area contributed by atoms with Gasteiger partial charge in [0.15, 0.2) is 0 Å². The minimum atomic E-state index is -0.0761. The molecule has 0 saturated carbocycles. The van der Waals surface area contributed by atoms with Crippen molar-refractivity contribution in [1.82, 2.24) is 0 Å². The quantitative estimate of drug-likeness (QED) is 0.240. The van der Waals surface area contributed by atoms with E-state index in [2.05, 4.69) is 62.4 Å². The van der Waals surface area contributed by atoms with Gasteiger partial charge in [0, 0.05) is 6.42 Å². The summed E-state index contributed by atoms with van der Waals surface area (Å²) in [5.41, 5.74) is 5.02. The first-order valence-electron chi connectivity index (χ1n) is 12.6. The molecule has 2 atom stereocenters. The van der Waals surface area contributed by atoms with E-state index in [1.54, 1.807) is 0 Å². The molecule has 2 aromatic carbocycles. The lowest BCUT2D eigenvalue weighted by Gasteiger charge is -2.11. The van der Waals surface area contributed by atoms with Crippen LogP contribution in [0.3, 0.4) is 0 Å². The summed E-state index contributed by atoms with van der Waals surface area (Å²) < 4.78 is 5.70. The van der Waals surface area contributed by atoms with Crippen molar-refractivity contribution in [3.8, 4) is 11.1 Å². The number of carbonyl (C=O) groups excluding carboxylic acids is 1. The molecule has 31 heavy (non-hydrogen) atoms. The number of benzene rings is 2. The molecule has 0 spiro atoms. The monoisotopic (exact) mass is 420 g/mol. The third-order valence-electron chi connectivity index (χ3n) is 6.64. The van der Waals surface area contributed by atoms with Crippen LogP contribution in [0, 0.1) is 5.92 Å². The van der Waals surface area contributed by atoms with Gasteiger partial charge in [0.25, 0.3) is 0 Å². The van der Waals surface area contributed by atoms with Crippen molar-refractivity contribution in [2.45, 2.75) is 97.0 Å². The normalized spacial score (nSPS) is 18.3. The number of ether oxygens (including phenoxy) is 1. The molecule has 2 nitrogen and oxygen atoms in total. The first-order valence-corrected chi connectivity index (χ1v) is 12.6. The average molecular weight is 421 g/mol. The maximum absolute atomic E-state index is 12.2. The number of carbonyl (C=O) groups is 1. The fourth-order valence-corrected chi connectivity index (χ4v) is 4.58. The Labute approximate surface area is 189 Å². The minimum absolute atomic E-state index is 0.00384. The number of cyclic esters (lactones) is 1. The molecule has 1 aliphatic heterocycles. The van der Waals surface area contributed by atoms with Crippen molar-refractivity contribution in [3.63, 3.8) is 0 Å². The van der Waals surface area contributed by atoms with E-state index in [-0.39, 0.29) is 18.0 Å². The molecule has 0 N–H and O–H groups in total. The largest absolute Gasteiger partial charge is 0.457 e. The fraction of sp³-hybridized carbons (Fsp3) is 0.552. The van der Waals surface area contributed by atoms with Crippen molar-refractivity contribution in [3.05, 3.63) is 59.7 Å². The predicted molar refractivity (Wildman–Crippen MR) is 130 cm³/mol. The molecular weight excluding hydrogens is 380 g/mol. The first kappa shape index (κ1) is 23.6.